The molecule has 3 rings (SSSR count). The first-order valence-electron chi connectivity index (χ1n) is 9.27. The summed E-state index contributed by atoms with van der Waals surface area (Å²) in [6.45, 7) is 6.16. The maximum atomic E-state index is 12.9. The molecule has 1 aromatic carbocycles. The number of nitro groups is 1. The molecule has 0 fully saturated rings. The zero-order chi connectivity index (χ0) is 20.5. The Morgan fingerprint density at radius 3 is 2.68 bits per heavy atom. The van der Waals surface area contributed by atoms with E-state index in [1.807, 2.05) is 0 Å². The number of benzene rings is 1. The van der Waals surface area contributed by atoms with Gasteiger partial charge in [-0.25, -0.2) is 0 Å². The van der Waals surface area contributed by atoms with E-state index >= 15 is 0 Å². The van der Waals surface area contributed by atoms with Crippen LogP contribution in [0.4, 0.5) is 17.1 Å². The van der Waals surface area contributed by atoms with Crippen LogP contribution in [0.25, 0.3) is 0 Å². The zero-order valence-electron chi connectivity index (χ0n) is 16.2. The van der Waals surface area contributed by atoms with Crippen LogP contribution in [0, 0.1) is 10.1 Å². The molecule has 1 N–H and O–H groups in total. The van der Waals surface area contributed by atoms with Crippen LogP contribution < -0.4 is 10.2 Å². The normalized spacial score (nSPS) is 14.8. The molecule has 2 heterocycles. The van der Waals surface area contributed by atoms with E-state index in [0.29, 0.717) is 17.8 Å². The quantitative estimate of drug-likeness (QED) is 0.436. The summed E-state index contributed by atoms with van der Waals surface area (Å²) in [5.41, 5.74) is 0.148. The summed E-state index contributed by atoms with van der Waals surface area (Å²) in [5.74, 6) is -0.635. The van der Waals surface area contributed by atoms with Crippen LogP contribution in [0.15, 0.2) is 34.9 Å². The maximum absolute atomic E-state index is 12.9. The number of anilines is 2. The molecule has 0 radical (unpaired) electrons. The van der Waals surface area contributed by atoms with Crippen molar-refractivity contribution in [3.05, 3.63) is 52.0 Å². The topological polar surface area (TPSA) is 106 Å². The predicted molar refractivity (Wildman–Crippen MR) is 105 cm³/mol. The Morgan fingerprint density at radius 2 is 2.07 bits per heavy atom. The molecular formula is C20H23N3O5. The molecule has 8 heteroatoms. The van der Waals surface area contributed by atoms with Crippen molar-refractivity contribution in [3.63, 3.8) is 0 Å². The van der Waals surface area contributed by atoms with Crippen molar-refractivity contribution in [2.24, 2.45) is 0 Å². The molecule has 148 valence electrons. The average Bonchev–Trinajstić information content (AvgIpc) is 3.24. The zero-order valence-corrected chi connectivity index (χ0v) is 16.2. The van der Waals surface area contributed by atoms with Gasteiger partial charge in [0.15, 0.2) is 5.76 Å². The number of unbranched alkanes of at least 4 members (excludes halogenated alkanes) is 2. The van der Waals surface area contributed by atoms with Gasteiger partial charge in [-0.2, -0.15) is 0 Å². The van der Waals surface area contributed by atoms with Gasteiger partial charge >= 0.3 is 0 Å². The Balaban J connectivity index is 2.02. The van der Waals surface area contributed by atoms with E-state index in [0.717, 1.165) is 19.3 Å². The van der Waals surface area contributed by atoms with E-state index in [1.165, 1.54) is 24.5 Å². The Bertz CT molecular complexity index is 918. The van der Waals surface area contributed by atoms with Crippen molar-refractivity contribution in [3.8, 4) is 0 Å². The number of amides is 2. The summed E-state index contributed by atoms with van der Waals surface area (Å²) < 4.78 is 5.05. The Kier molecular flexibility index (Phi) is 5.22. The van der Waals surface area contributed by atoms with Crippen LogP contribution in [-0.2, 0) is 10.2 Å². The Labute approximate surface area is 162 Å². The van der Waals surface area contributed by atoms with Gasteiger partial charge in [-0.3, -0.25) is 19.7 Å². The number of nitrogens with zero attached hydrogens (tertiary/aromatic N) is 2. The maximum Gasteiger partial charge on any atom is 0.294 e. The van der Waals surface area contributed by atoms with Crippen molar-refractivity contribution in [1.29, 1.82) is 0 Å². The summed E-state index contributed by atoms with van der Waals surface area (Å²) in [6.07, 6.45) is 4.15. The molecule has 0 bridgehead atoms. The molecule has 0 unspecified atom stereocenters. The predicted octanol–water partition coefficient (Wildman–Crippen LogP) is 4.25. The van der Waals surface area contributed by atoms with Crippen molar-refractivity contribution in [2.45, 2.75) is 45.4 Å². The van der Waals surface area contributed by atoms with Crippen LogP contribution in [-0.4, -0.2) is 23.3 Å². The van der Waals surface area contributed by atoms with Gasteiger partial charge in [0.25, 0.3) is 11.6 Å². The third-order valence-corrected chi connectivity index (χ3v) is 5.03. The summed E-state index contributed by atoms with van der Waals surface area (Å²) in [4.78, 5) is 37.9. The van der Waals surface area contributed by atoms with Crippen LogP contribution in [0.2, 0.25) is 0 Å². The van der Waals surface area contributed by atoms with Gasteiger partial charge in [0.2, 0.25) is 5.91 Å². The van der Waals surface area contributed by atoms with Gasteiger partial charge < -0.3 is 14.6 Å². The van der Waals surface area contributed by atoms with E-state index in [4.69, 9.17) is 4.42 Å². The minimum Gasteiger partial charge on any atom is -0.459 e. The minimum absolute atomic E-state index is 0.0430. The second kappa shape index (κ2) is 7.46. The summed E-state index contributed by atoms with van der Waals surface area (Å²) >= 11 is 0. The Morgan fingerprint density at radius 1 is 1.32 bits per heavy atom. The Hall–Kier alpha value is -3.16. The third kappa shape index (κ3) is 3.37. The van der Waals surface area contributed by atoms with Crippen molar-refractivity contribution in [2.75, 3.05) is 16.8 Å². The lowest BCUT2D eigenvalue weighted by atomic mass is 9.85. The fraction of sp³-hybridized carbons (Fsp3) is 0.400. The number of carbonyl (C=O) groups excluding carboxylic acids is 2. The molecule has 2 aromatic rings. The molecule has 0 aliphatic carbocycles. The fourth-order valence-corrected chi connectivity index (χ4v) is 3.45. The first-order chi connectivity index (χ1) is 13.3. The molecule has 8 nitrogen and oxygen atoms in total. The van der Waals surface area contributed by atoms with Crippen molar-refractivity contribution in [1.82, 2.24) is 0 Å². The standard InChI is InChI=1S/C20H23N3O5/c1-4-5-6-9-22-15-12-16(23(26)27)14(11-13(15)20(2,3)19(22)25)21-18(24)17-8-7-10-28-17/h7-8,10-12H,4-6,9H2,1-3H3,(H,21,24). The van der Waals surface area contributed by atoms with Crippen LogP contribution >= 0.6 is 0 Å². The van der Waals surface area contributed by atoms with E-state index in [-0.39, 0.29) is 23.0 Å². The molecule has 0 atom stereocenters. The third-order valence-electron chi connectivity index (χ3n) is 5.03. The number of nitro benzene ring substituents is 1. The summed E-state index contributed by atoms with van der Waals surface area (Å²) in [7, 11) is 0. The fourth-order valence-electron chi connectivity index (χ4n) is 3.45. The van der Waals surface area contributed by atoms with Crippen LogP contribution in [0.1, 0.15) is 56.2 Å². The van der Waals surface area contributed by atoms with E-state index in [2.05, 4.69) is 12.2 Å². The average molecular weight is 385 g/mol. The lowest BCUT2D eigenvalue weighted by Crippen LogP contribution is -2.36. The lowest BCUT2D eigenvalue weighted by Gasteiger charge is -2.20. The number of hydrogen-bond donors (Lipinski definition) is 1. The number of rotatable bonds is 7. The SMILES string of the molecule is CCCCCN1C(=O)C(C)(C)c2cc(NC(=O)c3ccco3)c([N+](=O)[O-])cc21. The van der Waals surface area contributed by atoms with Gasteiger partial charge in [-0.05, 0) is 44.0 Å². The first kappa shape index (κ1) is 19.6. The smallest absolute Gasteiger partial charge is 0.294 e. The van der Waals surface area contributed by atoms with E-state index < -0.39 is 16.2 Å². The number of fused-ring (bicyclic) bond motifs is 1. The van der Waals surface area contributed by atoms with Gasteiger partial charge in [-0.15, -0.1) is 0 Å². The van der Waals surface area contributed by atoms with Crippen LogP contribution in [0.3, 0.4) is 0 Å². The second-order valence-corrected chi connectivity index (χ2v) is 7.36. The van der Waals surface area contributed by atoms with Gasteiger partial charge in [0, 0.05) is 12.6 Å². The highest BCUT2D eigenvalue weighted by molar-refractivity contribution is 6.10. The molecule has 28 heavy (non-hydrogen) atoms. The molecule has 1 aromatic heterocycles. The van der Waals surface area contributed by atoms with Crippen molar-refractivity contribution < 1.29 is 18.9 Å². The van der Waals surface area contributed by atoms with Crippen molar-refractivity contribution >= 4 is 28.9 Å². The second-order valence-electron chi connectivity index (χ2n) is 7.36. The lowest BCUT2D eigenvalue weighted by molar-refractivity contribution is -0.383. The molecule has 0 spiro atoms. The summed E-state index contributed by atoms with van der Waals surface area (Å²) in [6, 6.07) is 5.94. The molecule has 1 aliphatic heterocycles. The largest absolute Gasteiger partial charge is 0.459 e. The van der Waals surface area contributed by atoms with Gasteiger partial charge in [-0.1, -0.05) is 19.8 Å². The molecule has 2 amide bonds. The van der Waals surface area contributed by atoms with Crippen LogP contribution in [0.5, 0.6) is 0 Å². The van der Waals surface area contributed by atoms with Gasteiger partial charge in [0.1, 0.15) is 5.69 Å². The highest BCUT2D eigenvalue weighted by atomic mass is 16.6. The number of carbonyl (C=O) groups is 2. The minimum atomic E-state index is -0.833. The van der Waals surface area contributed by atoms with E-state index in [9.17, 15) is 19.7 Å². The van der Waals surface area contributed by atoms with E-state index in [1.54, 1.807) is 24.8 Å². The molecule has 0 saturated heterocycles. The highest BCUT2D eigenvalue weighted by Crippen LogP contribution is 2.46. The molecule has 1 aliphatic rings. The number of hydrogen-bond acceptors (Lipinski definition) is 5. The molecular weight excluding hydrogens is 362 g/mol. The number of furan rings is 1. The first-order valence-corrected chi connectivity index (χ1v) is 9.27. The molecule has 0 saturated carbocycles. The van der Waals surface area contributed by atoms with Gasteiger partial charge in [0.05, 0.1) is 22.3 Å². The monoisotopic (exact) mass is 385 g/mol. The summed E-state index contributed by atoms with van der Waals surface area (Å²) in [5, 5.41) is 14.2. The number of nitrogens with one attached hydrogen (secondary N) is 1. The highest BCUT2D eigenvalue weighted by Gasteiger charge is 2.45.